The lowest BCUT2D eigenvalue weighted by molar-refractivity contribution is -0.274. The quantitative estimate of drug-likeness (QED) is 0.758. The van der Waals surface area contributed by atoms with Crippen LogP contribution in [0.4, 0.5) is 13.2 Å². The summed E-state index contributed by atoms with van der Waals surface area (Å²) in [5, 5.41) is 0. The molecule has 0 aliphatic heterocycles. The second-order valence-corrected chi connectivity index (χ2v) is 4.51. The summed E-state index contributed by atoms with van der Waals surface area (Å²) >= 11 is 0. The van der Waals surface area contributed by atoms with Gasteiger partial charge in [-0.3, -0.25) is 0 Å². The maximum atomic E-state index is 12.1. The predicted molar refractivity (Wildman–Crippen MR) is 58.9 cm³/mol. The van der Waals surface area contributed by atoms with Crippen molar-refractivity contribution in [1.82, 2.24) is 0 Å². The molecule has 94 valence electrons. The SMILES string of the molecule is CCCC1CC1c1cccc(OC(F)(F)F)c1. The molecule has 2 unspecified atom stereocenters. The number of benzene rings is 1. The molecule has 0 N–H and O–H groups in total. The minimum Gasteiger partial charge on any atom is -0.406 e. The third-order valence-corrected chi connectivity index (χ3v) is 3.10. The van der Waals surface area contributed by atoms with Crippen molar-refractivity contribution in [3.63, 3.8) is 0 Å². The van der Waals surface area contributed by atoms with Gasteiger partial charge in [-0.25, -0.2) is 0 Å². The molecule has 1 saturated carbocycles. The van der Waals surface area contributed by atoms with E-state index in [-0.39, 0.29) is 5.75 Å². The second kappa shape index (κ2) is 4.59. The molecule has 2 atom stereocenters. The molecule has 0 heterocycles. The highest BCUT2D eigenvalue weighted by atomic mass is 19.4. The van der Waals surface area contributed by atoms with Gasteiger partial charge in [-0.2, -0.15) is 0 Å². The Balaban J connectivity index is 2.03. The molecule has 0 saturated heterocycles. The van der Waals surface area contributed by atoms with E-state index in [9.17, 15) is 13.2 Å². The van der Waals surface area contributed by atoms with Crippen LogP contribution in [0.5, 0.6) is 5.75 Å². The predicted octanol–water partition coefficient (Wildman–Crippen LogP) is 4.49. The third kappa shape index (κ3) is 3.38. The molecule has 1 aromatic carbocycles. The van der Waals surface area contributed by atoms with Crippen molar-refractivity contribution < 1.29 is 17.9 Å². The number of rotatable bonds is 4. The van der Waals surface area contributed by atoms with Crippen LogP contribution >= 0.6 is 0 Å². The molecular weight excluding hydrogens is 229 g/mol. The van der Waals surface area contributed by atoms with E-state index in [2.05, 4.69) is 11.7 Å². The first-order valence-corrected chi connectivity index (χ1v) is 5.85. The minimum absolute atomic E-state index is 0.114. The van der Waals surface area contributed by atoms with Gasteiger partial charge in [0.05, 0.1) is 0 Å². The smallest absolute Gasteiger partial charge is 0.406 e. The summed E-state index contributed by atoms with van der Waals surface area (Å²) < 4.78 is 40.1. The van der Waals surface area contributed by atoms with Crippen LogP contribution in [0, 0.1) is 5.92 Å². The summed E-state index contributed by atoms with van der Waals surface area (Å²) in [6.45, 7) is 2.12. The number of hydrogen-bond donors (Lipinski definition) is 0. The molecule has 1 aliphatic carbocycles. The van der Waals surface area contributed by atoms with Gasteiger partial charge in [0.1, 0.15) is 5.75 Å². The number of halogens is 3. The van der Waals surface area contributed by atoms with E-state index in [1.54, 1.807) is 6.07 Å². The molecule has 0 bridgehead atoms. The molecule has 1 aliphatic rings. The highest BCUT2D eigenvalue weighted by molar-refractivity contribution is 5.34. The van der Waals surface area contributed by atoms with Crippen molar-refractivity contribution in [2.24, 2.45) is 5.92 Å². The standard InChI is InChI=1S/C13H15F3O/c1-2-4-9-8-12(9)10-5-3-6-11(7-10)17-13(14,15)16/h3,5-7,9,12H,2,4,8H2,1H3. The maximum absolute atomic E-state index is 12.1. The van der Waals surface area contributed by atoms with Gasteiger partial charge in [-0.15, -0.1) is 13.2 Å². The zero-order valence-electron chi connectivity index (χ0n) is 9.63. The fourth-order valence-corrected chi connectivity index (χ4v) is 2.29. The summed E-state index contributed by atoms with van der Waals surface area (Å²) in [4.78, 5) is 0. The van der Waals surface area contributed by atoms with Gasteiger partial charge in [0.25, 0.3) is 0 Å². The highest BCUT2D eigenvalue weighted by Gasteiger charge is 2.37. The van der Waals surface area contributed by atoms with Crippen LogP contribution in [0.1, 0.15) is 37.7 Å². The van der Waals surface area contributed by atoms with Crippen LogP contribution in [-0.4, -0.2) is 6.36 Å². The van der Waals surface area contributed by atoms with E-state index >= 15 is 0 Å². The van der Waals surface area contributed by atoms with E-state index in [4.69, 9.17) is 0 Å². The average molecular weight is 244 g/mol. The van der Waals surface area contributed by atoms with Crippen LogP contribution in [0.25, 0.3) is 0 Å². The lowest BCUT2D eigenvalue weighted by atomic mass is 10.1. The molecule has 4 heteroatoms. The molecular formula is C13H15F3O. The first kappa shape index (κ1) is 12.3. The van der Waals surface area contributed by atoms with Crippen LogP contribution in [0.3, 0.4) is 0 Å². The van der Waals surface area contributed by atoms with Crippen LogP contribution < -0.4 is 4.74 Å². The fraction of sp³-hybridized carbons (Fsp3) is 0.538. The maximum Gasteiger partial charge on any atom is 0.573 e. The van der Waals surface area contributed by atoms with E-state index < -0.39 is 6.36 Å². The Kier molecular flexibility index (Phi) is 3.31. The van der Waals surface area contributed by atoms with Gasteiger partial charge in [-0.05, 0) is 36.0 Å². The first-order valence-electron chi connectivity index (χ1n) is 5.85. The van der Waals surface area contributed by atoms with Crippen molar-refractivity contribution in [3.8, 4) is 5.75 Å². The number of alkyl halides is 3. The van der Waals surface area contributed by atoms with Gasteiger partial charge < -0.3 is 4.74 Å². The minimum atomic E-state index is -4.61. The van der Waals surface area contributed by atoms with Gasteiger partial charge in [0.15, 0.2) is 0 Å². The van der Waals surface area contributed by atoms with E-state index in [1.807, 2.05) is 6.07 Å². The summed E-state index contributed by atoms with van der Waals surface area (Å²) in [7, 11) is 0. The summed E-state index contributed by atoms with van der Waals surface area (Å²) in [6, 6.07) is 6.35. The number of hydrogen-bond acceptors (Lipinski definition) is 1. The Hall–Kier alpha value is -1.19. The summed E-state index contributed by atoms with van der Waals surface area (Å²) in [5.41, 5.74) is 0.963. The highest BCUT2D eigenvalue weighted by Crippen LogP contribution is 2.50. The Labute approximate surface area is 98.6 Å². The van der Waals surface area contributed by atoms with Gasteiger partial charge >= 0.3 is 6.36 Å². The Morgan fingerprint density at radius 2 is 2.12 bits per heavy atom. The van der Waals surface area contributed by atoms with Gasteiger partial charge in [0.2, 0.25) is 0 Å². The van der Waals surface area contributed by atoms with Crippen LogP contribution in [0.2, 0.25) is 0 Å². The average Bonchev–Trinajstić information content (AvgIpc) is 2.95. The van der Waals surface area contributed by atoms with E-state index in [1.165, 1.54) is 12.1 Å². The van der Waals surface area contributed by atoms with Crippen LogP contribution in [-0.2, 0) is 0 Å². The fourth-order valence-electron chi connectivity index (χ4n) is 2.29. The van der Waals surface area contributed by atoms with Crippen LogP contribution in [0.15, 0.2) is 24.3 Å². The molecule has 1 fully saturated rings. The van der Waals surface area contributed by atoms with Crippen molar-refractivity contribution in [1.29, 1.82) is 0 Å². The molecule has 0 aromatic heterocycles. The lowest BCUT2D eigenvalue weighted by Gasteiger charge is -2.09. The molecule has 2 rings (SSSR count). The second-order valence-electron chi connectivity index (χ2n) is 4.51. The zero-order valence-corrected chi connectivity index (χ0v) is 9.63. The normalized spacial score (nSPS) is 23.5. The summed E-state index contributed by atoms with van der Waals surface area (Å²) in [5.74, 6) is 0.949. The molecule has 1 aromatic rings. The Morgan fingerprint density at radius 3 is 2.76 bits per heavy atom. The van der Waals surface area contributed by atoms with Gasteiger partial charge in [-0.1, -0.05) is 31.9 Å². The monoisotopic (exact) mass is 244 g/mol. The number of ether oxygens (including phenoxy) is 1. The van der Waals surface area contributed by atoms with E-state index in [0.29, 0.717) is 11.8 Å². The van der Waals surface area contributed by atoms with Crippen molar-refractivity contribution in [3.05, 3.63) is 29.8 Å². The molecule has 0 spiro atoms. The third-order valence-electron chi connectivity index (χ3n) is 3.10. The lowest BCUT2D eigenvalue weighted by Crippen LogP contribution is -2.17. The zero-order chi connectivity index (χ0) is 12.5. The largest absolute Gasteiger partial charge is 0.573 e. The first-order chi connectivity index (χ1) is 7.99. The molecule has 1 nitrogen and oxygen atoms in total. The Bertz CT molecular complexity index is 386. The molecule has 0 amide bonds. The van der Waals surface area contributed by atoms with Crippen molar-refractivity contribution in [2.45, 2.75) is 38.5 Å². The summed E-state index contributed by atoms with van der Waals surface area (Å²) in [6.07, 6.45) is -1.25. The van der Waals surface area contributed by atoms with Gasteiger partial charge in [0, 0.05) is 0 Å². The topological polar surface area (TPSA) is 9.23 Å². The Morgan fingerprint density at radius 1 is 1.35 bits per heavy atom. The van der Waals surface area contributed by atoms with E-state index in [0.717, 1.165) is 24.8 Å². The molecule has 17 heavy (non-hydrogen) atoms. The molecule has 0 radical (unpaired) electrons. The van der Waals surface area contributed by atoms with Crippen molar-refractivity contribution in [2.75, 3.05) is 0 Å². The van der Waals surface area contributed by atoms with Crippen molar-refractivity contribution >= 4 is 0 Å².